The van der Waals surface area contributed by atoms with Crippen LogP contribution in [0.15, 0.2) is 10.6 Å². The summed E-state index contributed by atoms with van der Waals surface area (Å²) in [5.74, 6) is 0.119. The summed E-state index contributed by atoms with van der Waals surface area (Å²) < 4.78 is 4.98. The molecule has 1 atom stereocenters. The summed E-state index contributed by atoms with van der Waals surface area (Å²) in [6.07, 6.45) is 0. The molecule has 94 valence electrons. The topological polar surface area (TPSA) is 92.4 Å². The van der Waals surface area contributed by atoms with Gasteiger partial charge in [-0.15, -0.1) is 0 Å². The first kappa shape index (κ1) is 13.6. The molecule has 6 nitrogen and oxygen atoms in total. The first-order chi connectivity index (χ1) is 7.99. The number of amides is 1. The Morgan fingerprint density at radius 2 is 2.35 bits per heavy atom. The Bertz CT molecular complexity index is 405. The summed E-state index contributed by atoms with van der Waals surface area (Å²) in [4.78, 5) is 21.6. The number of carbonyl (C=O) groups excluding carboxylic acids is 1. The van der Waals surface area contributed by atoms with Gasteiger partial charge in [-0.25, -0.2) is 4.79 Å². The van der Waals surface area contributed by atoms with Crippen LogP contribution in [0.2, 0.25) is 0 Å². The zero-order chi connectivity index (χ0) is 12.8. The van der Waals surface area contributed by atoms with Gasteiger partial charge in [0, 0.05) is 18.7 Å². The van der Waals surface area contributed by atoms with E-state index < -0.39 is 12.0 Å². The van der Waals surface area contributed by atoms with Gasteiger partial charge < -0.3 is 14.9 Å². The largest absolute Gasteiger partial charge is 0.480 e. The summed E-state index contributed by atoms with van der Waals surface area (Å²) in [5.41, 5.74) is 0.789. The fourth-order valence-corrected chi connectivity index (χ4v) is 2.10. The molecule has 0 fully saturated rings. The quantitative estimate of drug-likeness (QED) is 0.784. The van der Waals surface area contributed by atoms with E-state index in [0.29, 0.717) is 11.5 Å². The van der Waals surface area contributed by atoms with Crippen molar-refractivity contribution in [3.63, 3.8) is 0 Å². The van der Waals surface area contributed by atoms with E-state index in [9.17, 15) is 9.59 Å². The first-order valence-corrected chi connectivity index (χ1v) is 6.14. The number of aliphatic carboxylic acids is 1. The standard InChI is InChI=1S/C10H14N2O4S/c1-6-3-8(16-12-6)4-17-5-9(10(14)15)11-7(2)13/h3,9H,4-5H2,1-2H3,(H,11,13)(H,14,15). The van der Waals surface area contributed by atoms with Gasteiger partial charge in [0.05, 0.1) is 11.4 Å². The Morgan fingerprint density at radius 1 is 1.65 bits per heavy atom. The van der Waals surface area contributed by atoms with E-state index in [4.69, 9.17) is 9.63 Å². The molecule has 0 aliphatic heterocycles. The highest BCUT2D eigenvalue weighted by Gasteiger charge is 2.18. The normalized spacial score (nSPS) is 12.1. The highest BCUT2D eigenvalue weighted by molar-refractivity contribution is 7.98. The van der Waals surface area contributed by atoms with E-state index in [1.807, 2.05) is 6.92 Å². The maximum absolute atomic E-state index is 10.8. The lowest BCUT2D eigenvalue weighted by atomic mass is 10.3. The molecule has 0 spiro atoms. The number of nitrogens with zero attached hydrogens (tertiary/aromatic N) is 1. The smallest absolute Gasteiger partial charge is 0.327 e. The predicted molar refractivity (Wildman–Crippen MR) is 62.6 cm³/mol. The molecule has 0 aliphatic carbocycles. The number of carbonyl (C=O) groups is 2. The average Bonchev–Trinajstić information content (AvgIpc) is 2.62. The molecule has 1 rings (SSSR count). The maximum atomic E-state index is 10.8. The molecule has 0 aliphatic rings. The lowest BCUT2D eigenvalue weighted by molar-refractivity contribution is -0.140. The van der Waals surface area contributed by atoms with Gasteiger partial charge in [-0.3, -0.25) is 4.79 Å². The molecule has 0 saturated carbocycles. The van der Waals surface area contributed by atoms with Gasteiger partial charge in [-0.2, -0.15) is 11.8 Å². The molecular weight excluding hydrogens is 244 g/mol. The van der Waals surface area contributed by atoms with Crippen LogP contribution in [0.5, 0.6) is 0 Å². The Morgan fingerprint density at radius 3 is 2.82 bits per heavy atom. The second-order valence-electron chi connectivity index (χ2n) is 3.54. The summed E-state index contributed by atoms with van der Waals surface area (Å²) in [6.45, 7) is 3.11. The zero-order valence-corrected chi connectivity index (χ0v) is 10.4. The van der Waals surface area contributed by atoms with Crippen LogP contribution in [0.1, 0.15) is 18.4 Å². The van der Waals surface area contributed by atoms with Crippen molar-refractivity contribution >= 4 is 23.6 Å². The molecule has 0 aromatic carbocycles. The molecule has 1 unspecified atom stereocenters. The molecule has 2 N–H and O–H groups in total. The van der Waals surface area contributed by atoms with Crippen molar-refractivity contribution in [1.82, 2.24) is 10.5 Å². The third-order valence-electron chi connectivity index (χ3n) is 1.88. The van der Waals surface area contributed by atoms with Crippen molar-refractivity contribution in [2.45, 2.75) is 25.6 Å². The fourth-order valence-electron chi connectivity index (χ4n) is 1.18. The van der Waals surface area contributed by atoms with Crippen LogP contribution < -0.4 is 5.32 Å². The Kier molecular flexibility index (Phi) is 5.02. The van der Waals surface area contributed by atoms with Crippen molar-refractivity contribution in [2.75, 3.05) is 5.75 Å². The fraction of sp³-hybridized carbons (Fsp3) is 0.500. The lowest BCUT2D eigenvalue weighted by Gasteiger charge is -2.11. The summed E-state index contributed by atoms with van der Waals surface area (Å²) >= 11 is 1.37. The van der Waals surface area contributed by atoms with Crippen molar-refractivity contribution in [3.8, 4) is 0 Å². The third kappa shape index (κ3) is 4.90. The minimum atomic E-state index is -1.04. The summed E-state index contributed by atoms with van der Waals surface area (Å²) in [6, 6.07) is 0.919. The van der Waals surface area contributed by atoms with E-state index in [-0.39, 0.29) is 11.7 Å². The number of hydrogen-bond donors (Lipinski definition) is 2. The first-order valence-electron chi connectivity index (χ1n) is 4.99. The molecule has 0 bridgehead atoms. The van der Waals surface area contributed by atoms with Gasteiger partial charge in [0.2, 0.25) is 5.91 Å². The molecular formula is C10H14N2O4S. The molecule has 1 aromatic heterocycles. The van der Waals surface area contributed by atoms with E-state index in [2.05, 4.69) is 10.5 Å². The summed E-state index contributed by atoms with van der Waals surface area (Å²) in [7, 11) is 0. The van der Waals surface area contributed by atoms with Gasteiger partial charge in [-0.1, -0.05) is 5.16 Å². The highest BCUT2D eigenvalue weighted by atomic mass is 32.2. The van der Waals surface area contributed by atoms with E-state index >= 15 is 0 Å². The lowest BCUT2D eigenvalue weighted by Crippen LogP contribution is -2.41. The van der Waals surface area contributed by atoms with Crippen LogP contribution >= 0.6 is 11.8 Å². The Hall–Kier alpha value is -1.50. The third-order valence-corrected chi connectivity index (χ3v) is 2.94. The SMILES string of the molecule is CC(=O)NC(CSCc1cc(C)no1)C(=O)O. The van der Waals surface area contributed by atoms with Crippen LogP contribution in [0.4, 0.5) is 0 Å². The van der Waals surface area contributed by atoms with E-state index in [0.717, 1.165) is 5.69 Å². The van der Waals surface area contributed by atoms with Gasteiger partial charge in [-0.05, 0) is 6.92 Å². The molecule has 1 heterocycles. The molecule has 17 heavy (non-hydrogen) atoms. The number of carboxylic acid groups (broad SMARTS) is 1. The van der Waals surface area contributed by atoms with Gasteiger partial charge >= 0.3 is 5.97 Å². The van der Waals surface area contributed by atoms with Crippen molar-refractivity contribution in [3.05, 3.63) is 17.5 Å². The molecule has 1 aromatic rings. The van der Waals surface area contributed by atoms with E-state index in [1.54, 1.807) is 6.07 Å². The van der Waals surface area contributed by atoms with Crippen LogP contribution in [0.3, 0.4) is 0 Å². The van der Waals surface area contributed by atoms with Gasteiger partial charge in [0.1, 0.15) is 11.8 Å². The zero-order valence-electron chi connectivity index (χ0n) is 9.60. The molecule has 0 saturated heterocycles. The average molecular weight is 258 g/mol. The minimum absolute atomic E-state index is 0.286. The van der Waals surface area contributed by atoms with Gasteiger partial charge in [0.15, 0.2) is 0 Å². The Balaban J connectivity index is 2.37. The van der Waals surface area contributed by atoms with Crippen molar-refractivity contribution in [1.29, 1.82) is 0 Å². The summed E-state index contributed by atoms with van der Waals surface area (Å²) in [5, 5.41) is 14.9. The van der Waals surface area contributed by atoms with Crippen molar-refractivity contribution < 1.29 is 19.2 Å². The van der Waals surface area contributed by atoms with Crippen LogP contribution in [-0.4, -0.2) is 33.9 Å². The maximum Gasteiger partial charge on any atom is 0.327 e. The Labute approximate surface area is 103 Å². The number of rotatable bonds is 6. The highest BCUT2D eigenvalue weighted by Crippen LogP contribution is 2.14. The molecule has 7 heteroatoms. The number of hydrogen-bond acceptors (Lipinski definition) is 5. The van der Waals surface area contributed by atoms with Crippen LogP contribution in [-0.2, 0) is 15.3 Å². The number of nitrogens with one attached hydrogen (secondary N) is 1. The second kappa shape index (κ2) is 6.29. The van der Waals surface area contributed by atoms with Gasteiger partial charge in [0.25, 0.3) is 0 Å². The van der Waals surface area contributed by atoms with Crippen LogP contribution in [0, 0.1) is 6.92 Å². The predicted octanol–water partition coefficient (Wildman–Crippen LogP) is 0.806. The minimum Gasteiger partial charge on any atom is -0.480 e. The van der Waals surface area contributed by atoms with E-state index in [1.165, 1.54) is 18.7 Å². The number of thioether (sulfide) groups is 1. The number of carboxylic acids is 1. The van der Waals surface area contributed by atoms with Crippen molar-refractivity contribution in [2.24, 2.45) is 0 Å². The second-order valence-corrected chi connectivity index (χ2v) is 4.57. The molecule has 0 radical (unpaired) electrons. The monoisotopic (exact) mass is 258 g/mol. The number of aromatic nitrogens is 1. The van der Waals surface area contributed by atoms with Crippen LogP contribution in [0.25, 0.3) is 0 Å². The number of aryl methyl sites for hydroxylation is 1. The molecule has 1 amide bonds.